The monoisotopic (exact) mass is 305 g/mol. The van der Waals surface area contributed by atoms with E-state index in [9.17, 15) is 9.90 Å². The Morgan fingerprint density at radius 3 is 2.38 bits per heavy atom. The second-order valence-corrected chi connectivity index (χ2v) is 5.09. The van der Waals surface area contributed by atoms with Gasteiger partial charge in [0.15, 0.2) is 17.3 Å². The van der Waals surface area contributed by atoms with Gasteiger partial charge in [-0.05, 0) is 30.7 Å². The summed E-state index contributed by atoms with van der Waals surface area (Å²) < 4.78 is 10.1. The van der Waals surface area contributed by atoms with Gasteiger partial charge in [0.25, 0.3) is 0 Å². The quantitative estimate of drug-likeness (QED) is 0.679. The van der Waals surface area contributed by atoms with Crippen molar-refractivity contribution in [1.29, 1.82) is 0 Å². The standard InChI is InChI=1S/C15H15NO4S/c1-9-15(21-8-16-9)11(17)5-4-10-6-12(19-2)14(18)13(7-10)20-3/h4-8,18H,1-3H3. The van der Waals surface area contributed by atoms with Crippen LogP contribution >= 0.6 is 11.3 Å². The van der Waals surface area contributed by atoms with E-state index in [0.717, 1.165) is 5.69 Å². The molecule has 0 amide bonds. The predicted molar refractivity (Wildman–Crippen MR) is 81.4 cm³/mol. The van der Waals surface area contributed by atoms with Crippen LogP contribution in [0, 0.1) is 6.92 Å². The molecule has 1 aromatic carbocycles. The molecule has 110 valence electrons. The van der Waals surface area contributed by atoms with Gasteiger partial charge >= 0.3 is 0 Å². The molecular formula is C15H15NO4S. The summed E-state index contributed by atoms with van der Waals surface area (Å²) in [5.74, 6) is 0.397. The van der Waals surface area contributed by atoms with E-state index in [1.807, 2.05) is 0 Å². The summed E-state index contributed by atoms with van der Waals surface area (Å²) in [4.78, 5) is 16.7. The fourth-order valence-electron chi connectivity index (χ4n) is 1.80. The lowest BCUT2D eigenvalue weighted by molar-refractivity contribution is 0.105. The summed E-state index contributed by atoms with van der Waals surface area (Å²) in [7, 11) is 2.90. The molecule has 0 saturated carbocycles. The molecule has 0 atom stereocenters. The summed E-state index contributed by atoms with van der Waals surface area (Å²) in [6.07, 6.45) is 3.11. The Morgan fingerprint density at radius 2 is 1.90 bits per heavy atom. The third-order valence-electron chi connectivity index (χ3n) is 2.90. The van der Waals surface area contributed by atoms with E-state index in [2.05, 4.69) is 4.98 Å². The van der Waals surface area contributed by atoms with Crippen molar-refractivity contribution in [3.8, 4) is 17.2 Å². The van der Waals surface area contributed by atoms with Crippen LogP contribution in [0.15, 0.2) is 23.7 Å². The smallest absolute Gasteiger partial charge is 0.200 e. The first-order valence-electron chi connectivity index (χ1n) is 6.14. The van der Waals surface area contributed by atoms with E-state index in [0.29, 0.717) is 10.4 Å². The fourth-order valence-corrected chi connectivity index (χ4v) is 2.52. The number of hydrogen-bond acceptors (Lipinski definition) is 6. The molecule has 6 heteroatoms. The van der Waals surface area contributed by atoms with Crippen LogP contribution in [-0.4, -0.2) is 30.1 Å². The molecule has 0 saturated heterocycles. The molecule has 0 radical (unpaired) electrons. The number of carbonyl (C=O) groups excluding carboxylic acids is 1. The fraction of sp³-hybridized carbons (Fsp3) is 0.200. The number of thiazole rings is 1. The zero-order chi connectivity index (χ0) is 15.4. The minimum atomic E-state index is -0.110. The Balaban J connectivity index is 2.29. The van der Waals surface area contributed by atoms with Gasteiger partial charge < -0.3 is 14.6 Å². The molecule has 0 fully saturated rings. The lowest BCUT2D eigenvalue weighted by atomic mass is 10.1. The average molecular weight is 305 g/mol. The molecule has 0 unspecified atom stereocenters. The first kappa shape index (κ1) is 15.1. The zero-order valence-corrected chi connectivity index (χ0v) is 12.7. The average Bonchev–Trinajstić information content (AvgIpc) is 2.92. The van der Waals surface area contributed by atoms with Gasteiger partial charge in [-0.25, -0.2) is 4.98 Å². The van der Waals surface area contributed by atoms with E-state index in [-0.39, 0.29) is 23.0 Å². The number of aryl methyl sites for hydroxylation is 1. The van der Waals surface area contributed by atoms with Crippen LogP contribution in [-0.2, 0) is 0 Å². The van der Waals surface area contributed by atoms with E-state index in [1.54, 1.807) is 30.6 Å². The van der Waals surface area contributed by atoms with Gasteiger partial charge in [0, 0.05) is 0 Å². The highest BCUT2D eigenvalue weighted by atomic mass is 32.1. The third-order valence-corrected chi connectivity index (χ3v) is 3.84. The number of allylic oxidation sites excluding steroid dienone is 1. The SMILES string of the molecule is COc1cc(C=CC(=O)c2scnc2C)cc(OC)c1O. The molecule has 1 heterocycles. The largest absolute Gasteiger partial charge is 0.502 e. The minimum absolute atomic E-state index is 0.0678. The van der Waals surface area contributed by atoms with Crippen LogP contribution in [0.3, 0.4) is 0 Å². The van der Waals surface area contributed by atoms with Crippen LogP contribution < -0.4 is 9.47 Å². The first-order valence-corrected chi connectivity index (χ1v) is 7.02. The summed E-state index contributed by atoms with van der Waals surface area (Å²) in [5.41, 5.74) is 3.05. The Hall–Kier alpha value is -2.34. The number of nitrogens with zero attached hydrogens (tertiary/aromatic N) is 1. The van der Waals surface area contributed by atoms with E-state index >= 15 is 0 Å². The summed E-state index contributed by atoms with van der Waals surface area (Å²) in [6, 6.07) is 3.25. The van der Waals surface area contributed by atoms with E-state index in [1.165, 1.54) is 31.6 Å². The highest BCUT2D eigenvalue weighted by molar-refractivity contribution is 7.12. The van der Waals surface area contributed by atoms with Gasteiger partial charge in [0.2, 0.25) is 5.75 Å². The molecule has 0 bridgehead atoms. The molecule has 0 aliphatic carbocycles. The van der Waals surface area contributed by atoms with E-state index in [4.69, 9.17) is 9.47 Å². The number of phenols is 1. The van der Waals surface area contributed by atoms with Crippen molar-refractivity contribution >= 4 is 23.2 Å². The Morgan fingerprint density at radius 1 is 1.29 bits per heavy atom. The van der Waals surface area contributed by atoms with Crippen molar-refractivity contribution in [3.05, 3.63) is 39.9 Å². The van der Waals surface area contributed by atoms with Crippen molar-refractivity contribution in [3.63, 3.8) is 0 Å². The van der Waals surface area contributed by atoms with Gasteiger partial charge in [-0.2, -0.15) is 0 Å². The van der Waals surface area contributed by atoms with Crippen LogP contribution in [0.5, 0.6) is 17.2 Å². The molecule has 1 N–H and O–H groups in total. The van der Waals surface area contributed by atoms with Crippen LogP contribution in [0.2, 0.25) is 0 Å². The maximum absolute atomic E-state index is 12.0. The first-order chi connectivity index (χ1) is 10.1. The van der Waals surface area contributed by atoms with Gasteiger partial charge in [-0.15, -0.1) is 11.3 Å². The minimum Gasteiger partial charge on any atom is -0.502 e. The summed E-state index contributed by atoms with van der Waals surface area (Å²) in [5, 5.41) is 9.83. The van der Waals surface area contributed by atoms with Crippen molar-refractivity contribution in [2.45, 2.75) is 6.92 Å². The number of methoxy groups -OCH3 is 2. The Labute approximate surface area is 126 Å². The zero-order valence-electron chi connectivity index (χ0n) is 11.9. The van der Waals surface area contributed by atoms with Crippen LogP contribution in [0.25, 0.3) is 6.08 Å². The number of aromatic hydroxyl groups is 1. The number of benzene rings is 1. The van der Waals surface area contributed by atoms with E-state index < -0.39 is 0 Å². The molecule has 0 aliphatic heterocycles. The molecular weight excluding hydrogens is 290 g/mol. The van der Waals surface area contributed by atoms with Gasteiger partial charge in [-0.1, -0.05) is 6.08 Å². The van der Waals surface area contributed by atoms with Crippen molar-refractivity contribution in [2.24, 2.45) is 0 Å². The predicted octanol–water partition coefficient (Wildman–Crippen LogP) is 3.07. The molecule has 0 spiro atoms. The number of ketones is 1. The van der Waals surface area contributed by atoms with Crippen molar-refractivity contribution in [1.82, 2.24) is 4.98 Å². The summed E-state index contributed by atoms with van der Waals surface area (Å²) in [6.45, 7) is 1.80. The van der Waals surface area contributed by atoms with Crippen LogP contribution in [0.1, 0.15) is 20.9 Å². The van der Waals surface area contributed by atoms with Crippen molar-refractivity contribution in [2.75, 3.05) is 14.2 Å². The maximum Gasteiger partial charge on any atom is 0.200 e. The highest BCUT2D eigenvalue weighted by Gasteiger charge is 2.11. The normalized spacial score (nSPS) is 10.8. The number of phenolic OH excluding ortho intramolecular Hbond substituents is 1. The lowest BCUT2D eigenvalue weighted by Gasteiger charge is -2.09. The maximum atomic E-state index is 12.0. The van der Waals surface area contributed by atoms with Gasteiger partial charge in [0.05, 0.1) is 30.3 Å². The Kier molecular flexibility index (Phi) is 4.59. The number of rotatable bonds is 5. The topological polar surface area (TPSA) is 68.7 Å². The number of aromatic nitrogens is 1. The third kappa shape index (κ3) is 3.22. The highest BCUT2D eigenvalue weighted by Crippen LogP contribution is 2.37. The molecule has 1 aromatic heterocycles. The second-order valence-electron chi connectivity index (χ2n) is 4.24. The van der Waals surface area contributed by atoms with Crippen molar-refractivity contribution < 1.29 is 19.4 Å². The summed E-state index contributed by atoms with van der Waals surface area (Å²) >= 11 is 1.31. The number of hydrogen-bond donors (Lipinski definition) is 1. The lowest BCUT2D eigenvalue weighted by Crippen LogP contribution is -1.94. The molecule has 0 aliphatic rings. The second kappa shape index (κ2) is 6.41. The molecule has 21 heavy (non-hydrogen) atoms. The number of carbonyl (C=O) groups is 1. The van der Waals surface area contributed by atoms with Crippen LogP contribution in [0.4, 0.5) is 0 Å². The van der Waals surface area contributed by atoms with Gasteiger partial charge in [-0.3, -0.25) is 4.79 Å². The molecule has 2 aromatic rings. The van der Waals surface area contributed by atoms with Gasteiger partial charge in [0.1, 0.15) is 0 Å². The molecule has 5 nitrogen and oxygen atoms in total. The molecule has 2 rings (SSSR count). The Bertz CT molecular complexity index is 666. The number of ether oxygens (including phenoxy) is 2.